The van der Waals surface area contributed by atoms with Gasteiger partial charge in [-0.1, -0.05) is 11.6 Å². The van der Waals surface area contributed by atoms with Crippen molar-refractivity contribution in [3.63, 3.8) is 0 Å². The van der Waals surface area contributed by atoms with Crippen molar-refractivity contribution >= 4 is 24.2 Å². The molecule has 1 fully saturated rings. The maximum Gasteiger partial charge on any atom is 0.492 e. The van der Waals surface area contributed by atoms with E-state index in [1.807, 2.05) is 0 Å². The molecular formula is C12H17BClNO3. The van der Waals surface area contributed by atoms with Crippen molar-refractivity contribution < 1.29 is 14.8 Å². The number of benzene rings is 1. The van der Waals surface area contributed by atoms with Crippen LogP contribution in [0.3, 0.4) is 0 Å². The van der Waals surface area contributed by atoms with Crippen LogP contribution in [0.5, 0.6) is 5.75 Å². The molecule has 6 heteroatoms. The van der Waals surface area contributed by atoms with Crippen LogP contribution in [0.15, 0.2) is 18.2 Å². The fourth-order valence-corrected chi connectivity index (χ4v) is 1.88. The van der Waals surface area contributed by atoms with Crippen LogP contribution < -0.4 is 15.5 Å². The fraction of sp³-hybridized carbons (Fsp3) is 0.500. The first-order valence-electron chi connectivity index (χ1n) is 6.18. The van der Waals surface area contributed by atoms with Gasteiger partial charge in [-0.3, -0.25) is 0 Å². The first kappa shape index (κ1) is 13.7. The van der Waals surface area contributed by atoms with Crippen LogP contribution in [-0.2, 0) is 0 Å². The molecule has 1 aliphatic carbocycles. The number of rotatable bonds is 7. The maximum atomic E-state index is 9.22. The molecular weight excluding hydrogens is 252 g/mol. The second kappa shape index (κ2) is 6.43. The molecule has 1 aromatic rings. The minimum atomic E-state index is -1.57. The second-order valence-corrected chi connectivity index (χ2v) is 4.92. The topological polar surface area (TPSA) is 61.7 Å². The molecule has 4 nitrogen and oxygen atoms in total. The minimum absolute atomic E-state index is 0.303. The summed E-state index contributed by atoms with van der Waals surface area (Å²) in [6.45, 7) is 1.47. The molecule has 0 aromatic heterocycles. The summed E-state index contributed by atoms with van der Waals surface area (Å²) in [4.78, 5) is 0. The molecule has 0 spiro atoms. The Hall–Kier alpha value is -0.745. The number of hydrogen-bond donors (Lipinski definition) is 3. The Labute approximate surface area is 112 Å². The van der Waals surface area contributed by atoms with Crippen molar-refractivity contribution in [2.75, 3.05) is 13.2 Å². The predicted molar refractivity (Wildman–Crippen MR) is 72.4 cm³/mol. The highest BCUT2D eigenvalue weighted by molar-refractivity contribution is 6.60. The Morgan fingerprint density at radius 3 is 2.83 bits per heavy atom. The molecule has 3 N–H and O–H groups in total. The molecule has 0 amide bonds. The summed E-state index contributed by atoms with van der Waals surface area (Å²) >= 11 is 5.80. The van der Waals surface area contributed by atoms with Crippen LogP contribution in [0.2, 0.25) is 5.02 Å². The van der Waals surface area contributed by atoms with E-state index in [4.69, 9.17) is 16.3 Å². The van der Waals surface area contributed by atoms with Crippen molar-refractivity contribution in [3.8, 4) is 5.75 Å². The number of hydrogen-bond acceptors (Lipinski definition) is 4. The predicted octanol–water partition coefficient (Wildman–Crippen LogP) is 0.541. The van der Waals surface area contributed by atoms with Crippen LogP contribution >= 0.6 is 11.6 Å². The first-order chi connectivity index (χ1) is 8.66. The van der Waals surface area contributed by atoms with Gasteiger partial charge in [0.15, 0.2) is 0 Å². The summed E-state index contributed by atoms with van der Waals surface area (Å²) in [5.74, 6) is 0.473. The van der Waals surface area contributed by atoms with E-state index >= 15 is 0 Å². The molecule has 0 bridgehead atoms. The highest BCUT2D eigenvalue weighted by atomic mass is 35.5. The van der Waals surface area contributed by atoms with E-state index in [-0.39, 0.29) is 0 Å². The molecule has 1 saturated carbocycles. The van der Waals surface area contributed by atoms with E-state index in [0.29, 0.717) is 28.9 Å². The Balaban J connectivity index is 1.79. The Morgan fingerprint density at radius 1 is 1.39 bits per heavy atom. The third kappa shape index (κ3) is 4.17. The number of nitrogens with one attached hydrogen (secondary N) is 1. The van der Waals surface area contributed by atoms with Gasteiger partial charge in [0.2, 0.25) is 0 Å². The molecule has 0 saturated heterocycles. The van der Waals surface area contributed by atoms with Crippen LogP contribution in [-0.4, -0.2) is 36.4 Å². The van der Waals surface area contributed by atoms with Crippen molar-refractivity contribution in [2.24, 2.45) is 0 Å². The molecule has 0 unspecified atom stereocenters. The van der Waals surface area contributed by atoms with E-state index in [0.717, 1.165) is 13.0 Å². The van der Waals surface area contributed by atoms with E-state index in [9.17, 15) is 10.0 Å². The zero-order valence-corrected chi connectivity index (χ0v) is 10.9. The van der Waals surface area contributed by atoms with Crippen molar-refractivity contribution in [1.82, 2.24) is 5.32 Å². The fourth-order valence-electron chi connectivity index (χ4n) is 1.70. The largest absolute Gasteiger partial charge is 0.494 e. The molecule has 18 heavy (non-hydrogen) atoms. The van der Waals surface area contributed by atoms with E-state index in [1.165, 1.54) is 18.9 Å². The molecule has 0 atom stereocenters. The lowest BCUT2D eigenvalue weighted by molar-refractivity contribution is 0.308. The summed E-state index contributed by atoms with van der Waals surface area (Å²) in [5, 5.41) is 22.3. The summed E-state index contributed by atoms with van der Waals surface area (Å²) in [6.07, 6.45) is 3.44. The zero-order chi connectivity index (χ0) is 13.0. The third-order valence-corrected chi connectivity index (χ3v) is 3.07. The van der Waals surface area contributed by atoms with Gasteiger partial charge in [0, 0.05) is 16.5 Å². The lowest BCUT2D eigenvalue weighted by atomic mass is 9.79. The van der Waals surface area contributed by atoms with Crippen molar-refractivity contribution in [2.45, 2.75) is 25.3 Å². The third-order valence-electron chi connectivity index (χ3n) is 2.84. The van der Waals surface area contributed by atoms with Gasteiger partial charge in [-0.05, 0) is 44.0 Å². The molecule has 0 heterocycles. The zero-order valence-electron chi connectivity index (χ0n) is 10.1. The Bertz CT molecular complexity index is 399. The SMILES string of the molecule is OB(O)c1cc(Cl)ccc1OCCCNC1CC1. The van der Waals surface area contributed by atoms with E-state index in [1.54, 1.807) is 12.1 Å². The van der Waals surface area contributed by atoms with Crippen molar-refractivity contribution in [1.29, 1.82) is 0 Å². The van der Waals surface area contributed by atoms with Crippen LogP contribution in [0, 0.1) is 0 Å². The summed E-state index contributed by atoms with van der Waals surface area (Å²) in [5.41, 5.74) is 0.303. The average molecular weight is 270 g/mol. The quantitative estimate of drug-likeness (QED) is 0.499. The van der Waals surface area contributed by atoms with Gasteiger partial charge < -0.3 is 20.1 Å². The van der Waals surface area contributed by atoms with Gasteiger partial charge in [0.1, 0.15) is 5.75 Å². The number of halogens is 1. The van der Waals surface area contributed by atoms with Gasteiger partial charge in [-0.25, -0.2) is 0 Å². The molecule has 1 aromatic carbocycles. The van der Waals surface area contributed by atoms with Crippen LogP contribution in [0.25, 0.3) is 0 Å². The minimum Gasteiger partial charge on any atom is -0.494 e. The highest BCUT2D eigenvalue weighted by Gasteiger charge is 2.20. The van der Waals surface area contributed by atoms with Crippen LogP contribution in [0.1, 0.15) is 19.3 Å². The molecule has 0 aliphatic heterocycles. The summed E-state index contributed by atoms with van der Waals surface area (Å²) in [7, 11) is -1.57. The normalized spacial score (nSPS) is 14.6. The average Bonchev–Trinajstić information content (AvgIpc) is 3.14. The maximum absolute atomic E-state index is 9.22. The Morgan fingerprint density at radius 2 is 2.17 bits per heavy atom. The lowest BCUT2D eigenvalue weighted by Gasteiger charge is -2.11. The first-order valence-corrected chi connectivity index (χ1v) is 6.56. The van der Waals surface area contributed by atoms with Crippen LogP contribution in [0.4, 0.5) is 0 Å². The van der Waals surface area contributed by atoms with Gasteiger partial charge in [-0.2, -0.15) is 0 Å². The second-order valence-electron chi connectivity index (χ2n) is 4.49. The molecule has 2 rings (SSSR count). The highest BCUT2D eigenvalue weighted by Crippen LogP contribution is 2.18. The summed E-state index contributed by atoms with van der Waals surface area (Å²) < 4.78 is 5.54. The van der Waals surface area contributed by atoms with E-state index in [2.05, 4.69) is 5.32 Å². The molecule has 0 radical (unpaired) electrons. The van der Waals surface area contributed by atoms with Gasteiger partial charge in [0.25, 0.3) is 0 Å². The number of ether oxygens (including phenoxy) is 1. The van der Waals surface area contributed by atoms with Gasteiger partial charge in [0.05, 0.1) is 6.61 Å². The van der Waals surface area contributed by atoms with E-state index < -0.39 is 7.12 Å². The molecule has 1 aliphatic rings. The monoisotopic (exact) mass is 269 g/mol. The van der Waals surface area contributed by atoms with Gasteiger partial charge in [-0.15, -0.1) is 0 Å². The molecule has 98 valence electrons. The smallest absolute Gasteiger partial charge is 0.492 e. The summed E-state index contributed by atoms with van der Waals surface area (Å²) in [6, 6.07) is 5.54. The van der Waals surface area contributed by atoms with Gasteiger partial charge >= 0.3 is 7.12 Å². The van der Waals surface area contributed by atoms with Crippen molar-refractivity contribution in [3.05, 3.63) is 23.2 Å². The standard InChI is InChI=1S/C12H17BClNO3/c14-9-2-5-12(11(8-9)13(16)17)18-7-1-6-15-10-3-4-10/h2,5,8,10,15-17H,1,3-4,6-7H2. The lowest BCUT2D eigenvalue weighted by Crippen LogP contribution is -2.31. The Kier molecular flexibility index (Phi) is 4.89.